The average molecular weight is 315 g/mol. The number of halogens is 1. The molecule has 1 aromatic carbocycles. The van der Waals surface area contributed by atoms with E-state index in [-0.39, 0.29) is 23.6 Å². The molecule has 0 bridgehead atoms. The topological polar surface area (TPSA) is 121 Å². The van der Waals surface area contributed by atoms with E-state index in [1.807, 2.05) is 0 Å². The van der Waals surface area contributed by atoms with E-state index in [1.54, 1.807) is 0 Å². The van der Waals surface area contributed by atoms with Gasteiger partial charge in [-0.05, 0) is 12.1 Å². The van der Waals surface area contributed by atoms with E-state index in [9.17, 15) is 24.8 Å². The summed E-state index contributed by atoms with van der Waals surface area (Å²) < 4.78 is 0. The molecule has 0 radical (unpaired) electrons. The second-order valence-corrected chi connectivity index (χ2v) is 5.06. The van der Waals surface area contributed by atoms with Gasteiger partial charge in [0.15, 0.2) is 0 Å². The Balaban J connectivity index is 2.42. The lowest BCUT2D eigenvalue weighted by Gasteiger charge is -2.21. The number of aliphatic carboxylic acids is 1. The first-order valence-electron chi connectivity index (χ1n) is 5.97. The standard InChI is InChI=1S/C12H11ClN2O6/c13-6-1-2-9(15(20)21)8(3-6)11(17)14-5-7(16)4-10(14)12(18)19/h1-3,7,10,16H,4-5H2,(H,18,19)/t7-,10+/m1/s1. The van der Waals surface area contributed by atoms with Crippen molar-refractivity contribution in [2.45, 2.75) is 18.6 Å². The molecule has 2 rings (SSSR count). The number of hydrogen-bond donors (Lipinski definition) is 2. The zero-order chi connectivity index (χ0) is 15.7. The van der Waals surface area contributed by atoms with Gasteiger partial charge >= 0.3 is 5.97 Å². The number of aliphatic hydroxyl groups is 1. The highest BCUT2D eigenvalue weighted by molar-refractivity contribution is 6.31. The van der Waals surface area contributed by atoms with Crippen LogP contribution < -0.4 is 0 Å². The Hall–Kier alpha value is -2.19. The second kappa shape index (κ2) is 5.66. The molecule has 0 spiro atoms. The van der Waals surface area contributed by atoms with E-state index in [0.29, 0.717) is 0 Å². The number of nitro groups is 1. The lowest BCUT2D eigenvalue weighted by molar-refractivity contribution is -0.385. The summed E-state index contributed by atoms with van der Waals surface area (Å²) in [6.07, 6.45) is -1.09. The summed E-state index contributed by atoms with van der Waals surface area (Å²) in [6.45, 7) is -0.195. The molecule has 1 saturated heterocycles. The molecule has 1 heterocycles. The number of nitrogens with zero attached hydrogens (tertiary/aromatic N) is 2. The Morgan fingerprint density at radius 3 is 2.67 bits per heavy atom. The molecule has 0 saturated carbocycles. The maximum Gasteiger partial charge on any atom is 0.326 e. The Labute approximate surface area is 123 Å². The fourth-order valence-corrected chi connectivity index (χ4v) is 2.44. The van der Waals surface area contributed by atoms with E-state index < -0.39 is 34.6 Å². The number of likely N-dealkylation sites (tertiary alicyclic amines) is 1. The van der Waals surface area contributed by atoms with Crippen molar-refractivity contribution in [3.05, 3.63) is 38.9 Å². The molecular weight excluding hydrogens is 304 g/mol. The normalized spacial score (nSPS) is 21.3. The maximum atomic E-state index is 12.4. The summed E-state index contributed by atoms with van der Waals surface area (Å²) in [5.74, 6) is -2.11. The zero-order valence-electron chi connectivity index (χ0n) is 10.6. The fourth-order valence-electron chi connectivity index (χ4n) is 2.27. The van der Waals surface area contributed by atoms with E-state index in [1.165, 1.54) is 6.07 Å². The van der Waals surface area contributed by atoms with Gasteiger partial charge in [0.2, 0.25) is 0 Å². The van der Waals surface area contributed by atoms with Crippen LogP contribution in [0.4, 0.5) is 5.69 Å². The zero-order valence-corrected chi connectivity index (χ0v) is 11.4. The summed E-state index contributed by atoms with van der Waals surface area (Å²) in [6, 6.07) is 2.25. The molecule has 2 atom stereocenters. The summed E-state index contributed by atoms with van der Waals surface area (Å²) in [7, 11) is 0. The van der Waals surface area contributed by atoms with Crippen molar-refractivity contribution in [2.75, 3.05) is 6.54 Å². The average Bonchev–Trinajstić information content (AvgIpc) is 2.79. The minimum atomic E-state index is -1.27. The Morgan fingerprint density at radius 1 is 1.43 bits per heavy atom. The van der Waals surface area contributed by atoms with Crippen molar-refractivity contribution < 1.29 is 24.7 Å². The van der Waals surface area contributed by atoms with Gasteiger partial charge < -0.3 is 15.1 Å². The Kier molecular flexibility index (Phi) is 4.10. The number of hydrogen-bond acceptors (Lipinski definition) is 5. The summed E-state index contributed by atoms with van der Waals surface area (Å²) in [5.41, 5.74) is -0.761. The number of carbonyl (C=O) groups is 2. The maximum absolute atomic E-state index is 12.4. The van der Waals surface area contributed by atoms with Crippen molar-refractivity contribution in [1.82, 2.24) is 4.90 Å². The van der Waals surface area contributed by atoms with Crippen LogP contribution >= 0.6 is 11.6 Å². The molecule has 0 aromatic heterocycles. The van der Waals surface area contributed by atoms with Gasteiger partial charge in [-0.1, -0.05) is 11.6 Å². The van der Waals surface area contributed by atoms with E-state index >= 15 is 0 Å². The number of carboxylic acid groups (broad SMARTS) is 1. The van der Waals surface area contributed by atoms with Crippen LogP contribution in [0.25, 0.3) is 0 Å². The van der Waals surface area contributed by atoms with Crippen LogP contribution in [0.15, 0.2) is 18.2 Å². The first kappa shape index (κ1) is 15.2. The van der Waals surface area contributed by atoms with Crippen molar-refractivity contribution in [1.29, 1.82) is 0 Å². The lowest BCUT2D eigenvalue weighted by Crippen LogP contribution is -2.40. The number of β-amino-alcohol motifs (C(OH)–C–C–N with tert-alkyl or cyclic N) is 1. The van der Waals surface area contributed by atoms with Gasteiger partial charge in [0.05, 0.1) is 11.0 Å². The highest BCUT2D eigenvalue weighted by Crippen LogP contribution is 2.27. The number of rotatable bonds is 3. The molecule has 1 aliphatic rings. The monoisotopic (exact) mass is 314 g/mol. The third kappa shape index (κ3) is 2.96. The van der Waals surface area contributed by atoms with Crippen LogP contribution in [0.5, 0.6) is 0 Å². The summed E-state index contributed by atoms with van der Waals surface area (Å²) in [5, 5.41) is 29.7. The molecule has 9 heteroatoms. The highest BCUT2D eigenvalue weighted by Gasteiger charge is 2.40. The molecule has 0 unspecified atom stereocenters. The Bertz CT molecular complexity index is 620. The van der Waals surface area contributed by atoms with E-state index in [2.05, 4.69) is 0 Å². The van der Waals surface area contributed by atoms with E-state index in [0.717, 1.165) is 17.0 Å². The van der Waals surface area contributed by atoms with Crippen molar-refractivity contribution >= 4 is 29.2 Å². The molecule has 8 nitrogen and oxygen atoms in total. The van der Waals surface area contributed by atoms with Crippen molar-refractivity contribution in [3.63, 3.8) is 0 Å². The smallest absolute Gasteiger partial charge is 0.326 e. The molecule has 0 aliphatic carbocycles. The molecule has 1 amide bonds. The number of amides is 1. The highest BCUT2D eigenvalue weighted by atomic mass is 35.5. The van der Waals surface area contributed by atoms with Crippen LogP contribution in [-0.2, 0) is 4.79 Å². The fraction of sp³-hybridized carbons (Fsp3) is 0.333. The van der Waals surface area contributed by atoms with Gasteiger partial charge in [-0.25, -0.2) is 4.79 Å². The third-order valence-electron chi connectivity index (χ3n) is 3.21. The molecule has 1 aliphatic heterocycles. The quantitative estimate of drug-likeness (QED) is 0.631. The molecule has 21 heavy (non-hydrogen) atoms. The first-order valence-corrected chi connectivity index (χ1v) is 6.35. The number of benzene rings is 1. The lowest BCUT2D eigenvalue weighted by atomic mass is 10.1. The molecule has 112 valence electrons. The van der Waals surface area contributed by atoms with Gasteiger partial charge in [-0.3, -0.25) is 14.9 Å². The van der Waals surface area contributed by atoms with Crippen LogP contribution in [0, 0.1) is 10.1 Å². The number of nitro benzene ring substituents is 1. The van der Waals surface area contributed by atoms with Gasteiger partial charge in [0, 0.05) is 24.1 Å². The first-order chi connectivity index (χ1) is 9.81. The number of carboxylic acids is 1. The van der Waals surface area contributed by atoms with Crippen molar-refractivity contribution in [2.24, 2.45) is 0 Å². The second-order valence-electron chi connectivity index (χ2n) is 4.62. The molecule has 1 aromatic rings. The van der Waals surface area contributed by atoms with Gasteiger partial charge in [0.1, 0.15) is 11.6 Å². The van der Waals surface area contributed by atoms with Gasteiger partial charge in [-0.2, -0.15) is 0 Å². The predicted molar refractivity (Wildman–Crippen MR) is 71.2 cm³/mol. The van der Waals surface area contributed by atoms with Crippen LogP contribution in [0.2, 0.25) is 5.02 Å². The summed E-state index contributed by atoms with van der Waals surface area (Å²) in [4.78, 5) is 34.6. The van der Waals surface area contributed by atoms with Gasteiger partial charge in [-0.15, -0.1) is 0 Å². The SMILES string of the molecule is O=C(O)[C@@H]1C[C@@H](O)CN1C(=O)c1cc(Cl)ccc1[N+](=O)[O-]. The predicted octanol–water partition coefficient (Wildman–Crippen LogP) is 0.908. The molecular formula is C12H11ClN2O6. The molecule has 1 fully saturated rings. The van der Waals surface area contributed by atoms with Crippen molar-refractivity contribution in [3.8, 4) is 0 Å². The number of carbonyl (C=O) groups excluding carboxylic acids is 1. The molecule has 2 N–H and O–H groups in total. The van der Waals surface area contributed by atoms with E-state index in [4.69, 9.17) is 16.7 Å². The van der Waals surface area contributed by atoms with Gasteiger partial charge in [0.25, 0.3) is 11.6 Å². The Morgan fingerprint density at radius 2 is 2.10 bits per heavy atom. The van der Waals surface area contributed by atoms with Crippen LogP contribution in [0.1, 0.15) is 16.8 Å². The minimum absolute atomic E-state index is 0.116. The minimum Gasteiger partial charge on any atom is -0.480 e. The largest absolute Gasteiger partial charge is 0.480 e. The van der Waals surface area contributed by atoms with Crippen LogP contribution in [-0.4, -0.2) is 50.6 Å². The van der Waals surface area contributed by atoms with Crippen LogP contribution in [0.3, 0.4) is 0 Å². The summed E-state index contributed by atoms with van der Waals surface area (Å²) >= 11 is 5.74. The number of aliphatic hydroxyl groups excluding tert-OH is 1. The third-order valence-corrected chi connectivity index (χ3v) is 3.45.